The zero-order valence-corrected chi connectivity index (χ0v) is 14.9. The third kappa shape index (κ3) is 3.22. The van der Waals surface area contributed by atoms with Crippen molar-refractivity contribution in [3.05, 3.63) is 12.2 Å². The van der Waals surface area contributed by atoms with Gasteiger partial charge in [0.05, 0.1) is 19.0 Å². The summed E-state index contributed by atoms with van der Waals surface area (Å²) in [6, 6.07) is 1.88. The van der Waals surface area contributed by atoms with Crippen molar-refractivity contribution in [3.63, 3.8) is 0 Å². The molecule has 3 N–H and O–H groups in total. The van der Waals surface area contributed by atoms with Crippen LogP contribution in [-0.4, -0.2) is 63.3 Å². The summed E-state index contributed by atoms with van der Waals surface area (Å²) in [5, 5.41) is 19.1. The predicted octanol–water partition coefficient (Wildman–Crippen LogP) is 0.345. The second-order valence-electron chi connectivity index (χ2n) is 6.38. The molecule has 3 heterocycles. The van der Waals surface area contributed by atoms with Crippen LogP contribution in [0.1, 0.15) is 31.8 Å². The highest BCUT2D eigenvalue weighted by Gasteiger charge is 2.45. The molecule has 1 saturated heterocycles. The van der Waals surface area contributed by atoms with Crippen molar-refractivity contribution in [1.82, 2.24) is 19.5 Å². The van der Waals surface area contributed by atoms with E-state index in [1.807, 2.05) is 19.9 Å². The predicted molar refractivity (Wildman–Crippen MR) is 91.0 cm³/mol. The van der Waals surface area contributed by atoms with Crippen LogP contribution in [0.4, 0.5) is 5.82 Å². The van der Waals surface area contributed by atoms with E-state index in [0.717, 1.165) is 0 Å². The number of hydrogen-bond acceptors (Lipinski definition) is 9. The van der Waals surface area contributed by atoms with Crippen LogP contribution in [0.15, 0.2) is 6.33 Å². The van der Waals surface area contributed by atoms with E-state index in [1.54, 1.807) is 10.9 Å². The fourth-order valence-corrected chi connectivity index (χ4v) is 2.96. The van der Waals surface area contributed by atoms with Crippen molar-refractivity contribution < 1.29 is 19.3 Å². The number of nitrogen functional groups attached to an aromatic ring is 1. The summed E-state index contributed by atoms with van der Waals surface area (Å²) in [7, 11) is 1.49. The van der Waals surface area contributed by atoms with Crippen LogP contribution in [0.25, 0.3) is 11.2 Å². The van der Waals surface area contributed by atoms with Crippen LogP contribution in [0.2, 0.25) is 0 Å². The average Bonchev–Trinajstić information content (AvgIpc) is 3.16. The van der Waals surface area contributed by atoms with Crippen LogP contribution < -0.4 is 5.73 Å². The molecular formula is C16H22N6O4. The Morgan fingerprint density at radius 1 is 1.46 bits per heavy atom. The second kappa shape index (κ2) is 7.51. The number of methoxy groups -OCH3 is 1. The van der Waals surface area contributed by atoms with Gasteiger partial charge in [-0.05, 0) is 0 Å². The van der Waals surface area contributed by atoms with Crippen LogP contribution in [0.3, 0.4) is 0 Å². The fourth-order valence-electron chi connectivity index (χ4n) is 2.96. The van der Waals surface area contributed by atoms with Gasteiger partial charge in [0.2, 0.25) is 0 Å². The minimum atomic E-state index is -0.926. The molecular weight excluding hydrogens is 340 g/mol. The number of aromatic nitrogens is 4. The largest absolute Gasteiger partial charge is 0.387 e. The van der Waals surface area contributed by atoms with Gasteiger partial charge < -0.3 is 25.1 Å². The lowest BCUT2D eigenvalue weighted by atomic mass is 10.1. The van der Waals surface area contributed by atoms with Gasteiger partial charge in [0.1, 0.15) is 36.3 Å². The van der Waals surface area contributed by atoms with Gasteiger partial charge in [-0.2, -0.15) is 5.26 Å². The number of rotatable bonds is 6. The molecule has 2 aromatic heterocycles. The summed E-state index contributed by atoms with van der Waals surface area (Å²) in [5.41, 5.74) is 6.99. The Kier molecular flexibility index (Phi) is 5.33. The average molecular weight is 362 g/mol. The van der Waals surface area contributed by atoms with Gasteiger partial charge in [0, 0.05) is 13.0 Å². The molecule has 26 heavy (non-hydrogen) atoms. The monoisotopic (exact) mass is 362 g/mol. The van der Waals surface area contributed by atoms with Gasteiger partial charge in [-0.15, -0.1) is 0 Å². The maximum Gasteiger partial charge on any atom is 0.167 e. The number of nitrogens with zero attached hydrogens (tertiary/aromatic N) is 5. The second-order valence-corrected chi connectivity index (χ2v) is 6.38. The number of aliphatic hydroxyl groups is 1. The normalized spacial score (nSPS) is 25.8. The molecule has 1 aliphatic rings. The fraction of sp³-hybridized carbons (Fsp3) is 0.625. The molecule has 0 saturated carbocycles. The number of hydrogen-bond donors (Lipinski definition) is 2. The third-order valence-corrected chi connectivity index (χ3v) is 4.29. The Hall–Kier alpha value is -2.32. The van der Waals surface area contributed by atoms with Crippen molar-refractivity contribution in [2.45, 2.75) is 44.3 Å². The number of ether oxygens (including phenoxy) is 3. The summed E-state index contributed by atoms with van der Waals surface area (Å²) in [4.78, 5) is 13.1. The molecule has 3 rings (SSSR count). The Morgan fingerprint density at radius 3 is 2.88 bits per heavy atom. The number of nitriles is 1. The first-order chi connectivity index (χ1) is 12.5. The molecule has 0 radical (unpaired) electrons. The van der Waals surface area contributed by atoms with Gasteiger partial charge in [-0.25, -0.2) is 15.0 Å². The quantitative estimate of drug-likeness (QED) is 0.696. The van der Waals surface area contributed by atoms with E-state index in [2.05, 4.69) is 15.0 Å². The van der Waals surface area contributed by atoms with Gasteiger partial charge in [0.15, 0.2) is 17.7 Å². The van der Waals surface area contributed by atoms with Crippen LogP contribution in [0.5, 0.6) is 0 Å². The summed E-state index contributed by atoms with van der Waals surface area (Å²) in [5.74, 6) is 0.975. The smallest absolute Gasteiger partial charge is 0.167 e. The lowest BCUT2D eigenvalue weighted by Gasteiger charge is -2.20. The minimum absolute atomic E-state index is 0.0755. The highest BCUT2D eigenvalue weighted by Crippen LogP contribution is 2.34. The SMILES string of the molecule is CO[C@@H]1[C@H](O)[C@@H](COCC#N)O[C@H]1n1cnc2c(N)nc(C(C)C)nc21. The Morgan fingerprint density at radius 2 is 2.23 bits per heavy atom. The molecule has 140 valence electrons. The van der Waals surface area contributed by atoms with Crippen molar-refractivity contribution in [1.29, 1.82) is 5.26 Å². The highest BCUT2D eigenvalue weighted by molar-refractivity contribution is 5.81. The maximum absolute atomic E-state index is 10.5. The van der Waals surface area contributed by atoms with E-state index in [4.69, 9.17) is 25.2 Å². The summed E-state index contributed by atoms with van der Waals surface area (Å²) in [6.07, 6.45) is -1.34. The number of anilines is 1. The standard InChI is InChI=1S/C16H22N6O4/c1-8(2)14-20-13(18)10-15(21-14)22(7-19-10)16-12(24-3)11(23)9(26-16)6-25-5-4-17/h7-9,11-12,16,23H,5-6H2,1-3H3,(H2,18,20,21)/t9-,11-,12-,16-/m1/s1. The molecule has 0 aromatic carbocycles. The van der Waals surface area contributed by atoms with E-state index in [1.165, 1.54) is 7.11 Å². The molecule has 10 nitrogen and oxygen atoms in total. The van der Waals surface area contributed by atoms with Crippen molar-refractivity contribution in [2.24, 2.45) is 0 Å². The van der Waals surface area contributed by atoms with Gasteiger partial charge in [-0.3, -0.25) is 4.57 Å². The minimum Gasteiger partial charge on any atom is -0.387 e. The molecule has 10 heteroatoms. The summed E-state index contributed by atoms with van der Waals surface area (Å²) in [6.45, 7) is 3.94. The summed E-state index contributed by atoms with van der Waals surface area (Å²) < 4.78 is 18.2. The molecule has 1 fully saturated rings. The molecule has 0 spiro atoms. The van der Waals surface area contributed by atoms with E-state index in [0.29, 0.717) is 22.8 Å². The lowest BCUT2D eigenvalue weighted by Crippen LogP contribution is -2.35. The zero-order chi connectivity index (χ0) is 18.8. The number of aliphatic hydroxyl groups excluding tert-OH is 1. The van der Waals surface area contributed by atoms with E-state index in [9.17, 15) is 5.11 Å². The lowest BCUT2D eigenvalue weighted by molar-refractivity contribution is -0.0657. The Bertz CT molecular complexity index is 817. The van der Waals surface area contributed by atoms with E-state index < -0.39 is 24.5 Å². The number of fused-ring (bicyclic) bond motifs is 1. The number of imidazole rings is 1. The topological polar surface area (TPSA) is 141 Å². The first-order valence-corrected chi connectivity index (χ1v) is 8.28. The maximum atomic E-state index is 10.5. The van der Waals surface area contributed by atoms with E-state index in [-0.39, 0.29) is 19.1 Å². The van der Waals surface area contributed by atoms with Gasteiger partial charge >= 0.3 is 0 Å². The third-order valence-electron chi connectivity index (χ3n) is 4.29. The van der Waals surface area contributed by atoms with Crippen molar-refractivity contribution in [2.75, 3.05) is 26.1 Å². The van der Waals surface area contributed by atoms with Crippen LogP contribution >= 0.6 is 0 Å². The molecule has 0 aliphatic carbocycles. The zero-order valence-electron chi connectivity index (χ0n) is 14.9. The Balaban J connectivity index is 1.95. The molecule has 4 atom stereocenters. The van der Waals surface area contributed by atoms with Crippen LogP contribution in [-0.2, 0) is 14.2 Å². The van der Waals surface area contributed by atoms with Crippen LogP contribution in [0, 0.1) is 11.3 Å². The van der Waals surface area contributed by atoms with E-state index >= 15 is 0 Å². The van der Waals surface area contributed by atoms with Gasteiger partial charge in [0.25, 0.3) is 0 Å². The first kappa shape index (κ1) is 18.5. The Labute approximate surface area is 150 Å². The number of nitrogens with two attached hydrogens (primary N) is 1. The molecule has 0 unspecified atom stereocenters. The molecule has 0 amide bonds. The highest BCUT2D eigenvalue weighted by atomic mass is 16.6. The van der Waals surface area contributed by atoms with Crippen molar-refractivity contribution >= 4 is 17.0 Å². The molecule has 0 bridgehead atoms. The van der Waals surface area contributed by atoms with Crippen molar-refractivity contribution in [3.8, 4) is 6.07 Å². The molecule has 2 aromatic rings. The first-order valence-electron chi connectivity index (χ1n) is 8.28. The molecule has 1 aliphatic heterocycles. The van der Waals surface area contributed by atoms with Gasteiger partial charge in [-0.1, -0.05) is 13.8 Å². The summed E-state index contributed by atoms with van der Waals surface area (Å²) >= 11 is 0.